The highest BCUT2D eigenvalue weighted by Gasteiger charge is 2.31. The summed E-state index contributed by atoms with van der Waals surface area (Å²) in [6.07, 6.45) is 5.03. The van der Waals surface area contributed by atoms with E-state index in [1.54, 1.807) is 0 Å². The van der Waals surface area contributed by atoms with Crippen molar-refractivity contribution in [3.8, 4) is 11.1 Å². The summed E-state index contributed by atoms with van der Waals surface area (Å²) < 4.78 is 5.07. The van der Waals surface area contributed by atoms with Gasteiger partial charge in [0.25, 0.3) is 0 Å². The van der Waals surface area contributed by atoms with E-state index in [9.17, 15) is 0 Å². The Hall–Kier alpha value is -2.40. The molecule has 0 aliphatic carbocycles. The molecule has 0 spiro atoms. The van der Waals surface area contributed by atoms with Crippen LogP contribution >= 0.6 is 0 Å². The summed E-state index contributed by atoms with van der Waals surface area (Å²) in [6, 6.07) is 13.3. The lowest BCUT2D eigenvalue weighted by atomic mass is 9.96. The van der Waals surface area contributed by atoms with Gasteiger partial charge in [-0.15, -0.1) is 0 Å². The molecule has 0 N–H and O–H groups in total. The van der Waals surface area contributed by atoms with Crippen molar-refractivity contribution in [3.05, 3.63) is 42.0 Å². The van der Waals surface area contributed by atoms with Gasteiger partial charge in [-0.1, -0.05) is 37.6 Å². The molecule has 2 aliphatic rings. The molecule has 28 heavy (non-hydrogen) atoms. The molecule has 2 fully saturated rings. The Morgan fingerprint density at radius 1 is 1.00 bits per heavy atom. The summed E-state index contributed by atoms with van der Waals surface area (Å²) in [5, 5.41) is 8.32. The highest BCUT2D eigenvalue weighted by molar-refractivity contribution is 5.93. The first-order valence-corrected chi connectivity index (χ1v) is 10.6. The molecule has 0 radical (unpaired) electrons. The smallest absolute Gasteiger partial charge is 0.158 e. The van der Waals surface area contributed by atoms with Crippen molar-refractivity contribution in [1.82, 2.24) is 15.2 Å². The Labute approximate surface area is 166 Å². The molecule has 0 saturated carbocycles. The first-order chi connectivity index (χ1) is 13.8. The molecule has 2 aromatic carbocycles. The number of fused-ring (bicyclic) bond motifs is 1. The van der Waals surface area contributed by atoms with Crippen LogP contribution in [0.4, 0.5) is 5.69 Å². The second kappa shape index (κ2) is 7.55. The van der Waals surface area contributed by atoms with Gasteiger partial charge in [0.1, 0.15) is 5.52 Å². The van der Waals surface area contributed by atoms with E-state index in [4.69, 9.17) is 4.63 Å². The Morgan fingerprint density at radius 3 is 2.54 bits per heavy atom. The van der Waals surface area contributed by atoms with Gasteiger partial charge in [-0.3, -0.25) is 0 Å². The van der Waals surface area contributed by atoms with Crippen LogP contribution in [-0.4, -0.2) is 47.9 Å². The minimum atomic E-state index is 0.755. The van der Waals surface area contributed by atoms with Gasteiger partial charge < -0.3 is 9.80 Å². The quantitative estimate of drug-likeness (QED) is 0.639. The summed E-state index contributed by atoms with van der Waals surface area (Å²) >= 11 is 0. The van der Waals surface area contributed by atoms with Crippen LogP contribution in [0.2, 0.25) is 0 Å². The molecule has 2 saturated heterocycles. The van der Waals surface area contributed by atoms with Crippen LogP contribution < -0.4 is 4.90 Å². The molecule has 0 unspecified atom stereocenters. The molecular formula is C23H28N4O. The van der Waals surface area contributed by atoms with Crippen LogP contribution in [0, 0.1) is 5.92 Å². The molecule has 5 nitrogen and oxygen atoms in total. The first kappa shape index (κ1) is 17.7. The zero-order valence-electron chi connectivity index (χ0n) is 16.6. The van der Waals surface area contributed by atoms with Gasteiger partial charge >= 0.3 is 0 Å². The summed E-state index contributed by atoms with van der Waals surface area (Å²) in [6.45, 7) is 8.19. The lowest BCUT2D eigenvalue weighted by Gasteiger charge is -2.42. The second-order valence-corrected chi connectivity index (χ2v) is 8.35. The number of hydrogen-bond donors (Lipinski definition) is 0. The summed E-state index contributed by atoms with van der Waals surface area (Å²) in [5.74, 6) is 0.755. The highest BCUT2D eigenvalue weighted by atomic mass is 16.6. The number of benzene rings is 2. The van der Waals surface area contributed by atoms with E-state index in [1.807, 2.05) is 0 Å². The Balaban J connectivity index is 1.37. The summed E-state index contributed by atoms with van der Waals surface area (Å²) in [7, 11) is 0. The molecule has 146 valence electrons. The maximum atomic E-state index is 5.07. The Kier molecular flexibility index (Phi) is 4.77. The standard InChI is InChI=1S/C23H28N4O/c1-2-5-17-6-8-19(9-7-17)20-12-21-23(25-28-24-21)22(13-20)27-15-18(16-27)14-26-10-3-4-11-26/h6-9,12-13,18H,2-5,10-11,14-16H2,1H3. The minimum Gasteiger partial charge on any atom is -0.369 e. The van der Waals surface area contributed by atoms with E-state index in [-0.39, 0.29) is 0 Å². The number of aryl methyl sites for hydroxylation is 1. The predicted octanol–water partition coefficient (Wildman–Crippen LogP) is 4.37. The van der Waals surface area contributed by atoms with Crippen molar-refractivity contribution in [1.29, 1.82) is 0 Å². The van der Waals surface area contributed by atoms with Crippen LogP contribution in [0.25, 0.3) is 22.2 Å². The second-order valence-electron chi connectivity index (χ2n) is 8.35. The van der Waals surface area contributed by atoms with Gasteiger partial charge in [-0.25, -0.2) is 4.63 Å². The Bertz CT molecular complexity index is 937. The van der Waals surface area contributed by atoms with Gasteiger partial charge in [0, 0.05) is 25.6 Å². The lowest BCUT2D eigenvalue weighted by molar-refractivity contribution is 0.247. The van der Waals surface area contributed by atoms with E-state index < -0.39 is 0 Å². The molecule has 1 aromatic heterocycles. The molecule has 0 bridgehead atoms. The molecule has 5 heteroatoms. The van der Waals surface area contributed by atoms with Gasteiger partial charge in [0.15, 0.2) is 5.52 Å². The molecule has 3 heterocycles. The topological polar surface area (TPSA) is 45.4 Å². The summed E-state index contributed by atoms with van der Waals surface area (Å²) in [4.78, 5) is 5.05. The SMILES string of the molecule is CCCc1ccc(-c2cc(N3CC(CN4CCCC4)C3)c3nonc3c2)cc1. The first-order valence-electron chi connectivity index (χ1n) is 10.6. The van der Waals surface area contributed by atoms with Crippen LogP contribution in [0.3, 0.4) is 0 Å². The number of hydrogen-bond acceptors (Lipinski definition) is 5. The zero-order valence-corrected chi connectivity index (χ0v) is 16.6. The van der Waals surface area contributed by atoms with E-state index in [0.29, 0.717) is 0 Å². The number of likely N-dealkylation sites (tertiary alicyclic amines) is 1. The van der Waals surface area contributed by atoms with Gasteiger partial charge in [-0.2, -0.15) is 0 Å². The molecule has 0 amide bonds. The van der Waals surface area contributed by atoms with Crippen LogP contribution in [0.15, 0.2) is 41.0 Å². The summed E-state index contributed by atoms with van der Waals surface area (Å²) in [5.41, 5.74) is 6.68. The van der Waals surface area contributed by atoms with Crippen molar-refractivity contribution in [2.24, 2.45) is 5.92 Å². The van der Waals surface area contributed by atoms with E-state index >= 15 is 0 Å². The lowest BCUT2D eigenvalue weighted by Crippen LogP contribution is -2.51. The fourth-order valence-corrected chi connectivity index (χ4v) is 4.65. The van der Waals surface area contributed by atoms with Gasteiger partial charge in [-0.05, 0) is 71.5 Å². The fourth-order valence-electron chi connectivity index (χ4n) is 4.65. The van der Waals surface area contributed by atoms with Crippen molar-refractivity contribution in [3.63, 3.8) is 0 Å². The molecule has 2 aliphatic heterocycles. The third-order valence-electron chi connectivity index (χ3n) is 6.18. The average Bonchev–Trinajstić information content (AvgIpc) is 3.36. The predicted molar refractivity (Wildman–Crippen MR) is 113 cm³/mol. The maximum absolute atomic E-state index is 5.07. The van der Waals surface area contributed by atoms with E-state index in [2.05, 4.69) is 63.4 Å². The fraction of sp³-hybridized carbons (Fsp3) is 0.478. The normalized spacial score (nSPS) is 18.1. The van der Waals surface area contributed by atoms with Crippen molar-refractivity contribution >= 4 is 16.7 Å². The Morgan fingerprint density at radius 2 is 1.79 bits per heavy atom. The zero-order chi connectivity index (χ0) is 18.9. The molecule has 0 atom stereocenters. The number of aromatic nitrogens is 2. The van der Waals surface area contributed by atoms with Crippen LogP contribution in [0.1, 0.15) is 31.7 Å². The van der Waals surface area contributed by atoms with E-state index in [1.165, 1.54) is 55.6 Å². The van der Waals surface area contributed by atoms with Crippen molar-refractivity contribution < 1.29 is 4.63 Å². The molecule has 5 rings (SSSR count). The third-order valence-corrected chi connectivity index (χ3v) is 6.18. The van der Waals surface area contributed by atoms with Crippen LogP contribution in [0.5, 0.6) is 0 Å². The third kappa shape index (κ3) is 3.39. The largest absolute Gasteiger partial charge is 0.369 e. The van der Waals surface area contributed by atoms with Crippen molar-refractivity contribution in [2.45, 2.75) is 32.6 Å². The van der Waals surface area contributed by atoms with Gasteiger partial charge in [0.2, 0.25) is 0 Å². The maximum Gasteiger partial charge on any atom is 0.158 e. The highest BCUT2D eigenvalue weighted by Crippen LogP contribution is 2.35. The molecule has 3 aromatic rings. The van der Waals surface area contributed by atoms with E-state index in [0.717, 1.165) is 42.1 Å². The number of nitrogens with zero attached hydrogens (tertiary/aromatic N) is 4. The number of rotatable bonds is 6. The number of anilines is 1. The van der Waals surface area contributed by atoms with Crippen LogP contribution in [-0.2, 0) is 6.42 Å². The monoisotopic (exact) mass is 376 g/mol. The average molecular weight is 377 g/mol. The minimum absolute atomic E-state index is 0.755. The van der Waals surface area contributed by atoms with Gasteiger partial charge in [0.05, 0.1) is 5.69 Å². The molecular weight excluding hydrogens is 348 g/mol. The van der Waals surface area contributed by atoms with Crippen molar-refractivity contribution in [2.75, 3.05) is 37.6 Å².